The quantitative estimate of drug-likeness (QED) is 0.686. The van der Waals surface area contributed by atoms with Crippen molar-refractivity contribution < 1.29 is 19.4 Å². The average Bonchev–Trinajstić information content (AvgIpc) is 2.46. The van der Waals surface area contributed by atoms with Gasteiger partial charge in [0.05, 0.1) is 5.69 Å². The van der Waals surface area contributed by atoms with Gasteiger partial charge in [0.1, 0.15) is 5.75 Å². The van der Waals surface area contributed by atoms with Gasteiger partial charge < -0.3 is 20.5 Å². The topological polar surface area (TPSA) is 87.7 Å². The van der Waals surface area contributed by atoms with Gasteiger partial charge >= 0.3 is 12.0 Å². The van der Waals surface area contributed by atoms with Gasteiger partial charge in [-0.1, -0.05) is 19.1 Å². The summed E-state index contributed by atoms with van der Waals surface area (Å²) in [5, 5.41) is 14.5. The maximum absolute atomic E-state index is 11.8. The van der Waals surface area contributed by atoms with E-state index in [1.54, 1.807) is 36.0 Å². The summed E-state index contributed by atoms with van der Waals surface area (Å²) in [4.78, 5) is 22.3. The van der Waals surface area contributed by atoms with Crippen LogP contribution in [-0.4, -0.2) is 41.8 Å². The number of ether oxygens (including phenoxy) is 1. The van der Waals surface area contributed by atoms with Crippen LogP contribution in [0.1, 0.15) is 13.3 Å². The molecule has 0 fully saturated rings. The summed E-state index contributed by atoms with van der Waals surface area (Å²) in [7, 11) is 0. The van der Waals surface area contributed by atoms with Crippen molar-refractivity contribution in [1.82, 2.24) is 5.32 Å². The summed E-state index contributed by atoms with van der Waals surface area (Å²) < 4.78 is 5.11. The van der Waals surface area contributed by atoms with Crippen LogP contribution in [0.2, 0.25) is 0 Å². The highest BCUT2D eigenvalue weighted by molar-refractivity contribution is 7.99. The van der Waals surface area contributed by atoms with Gasteiger partial charge in [-0.2, -0.15) is 11.8 Å². The van der Waals surface area contributed by atoms with E-state index in [1.807, 2.05) is 6.26 Å². The lowest BCUT2D eigenvalue weighted by Crippen LogP contribution is -2.30. The van der Waals surface area contributed by atoms with Gasteiger partial charge in [-0.3, -0.25) is 0 Å². The average molecular weight is 312 g/mol. The summed E-state index contributed by atoms with van der Waals surface area (Å²) in [5.41, 5.74) is 0.439. The molecule has 0 aromatic heterocycles. The fourth-order valence-electron chi connectivity index (χ4n) is 1.51. The molecule has 0 radical (unpaired) electrons. The molecule has 116 valence electrons. The van der Waals surface area contributed by atoms with Gasteiger partial charge in [-0.15, -0.1) is 0 Å². The normalized spacial score (nSPS) is 11.5. The van der Waals surface area contributed by atoms with Crippen LogP contribution in [0.5, 0.6) is 5.75 Å². The Labute approximate surface area is 128 Å². The molecule has 7 heteroatoms. The Balaban J connectivity index is 2.49. The second-order valence-corrected chi connectivity index (χ2v) is 5.67. The molecule has 0 spiro atoms. The molecule has 21 heavy (non-hydrogen) atoms. The number of amides is 2. The minimum Gasteiger partial charge on any atom is -0.480 e. The molecule has 1 aromatic carbocycles. The Bertz CT molecular complexity index is 482. The zero-order chi connectivity index (χ0) is 15.7. The van der Waals surface area contributed by atoms with E-state index in [0.29, 0.717) is 23.2 Å². The number of hydrogen-bond donors (Lipinski definition) is 3. The lowest BCUT2D eigenvalue weighted by atomic mass is 10.3. The van der Waals surface area contributed by atoms with E-state index in [9.17, 15) is 9.59 Å². The van der Waals surface area contributed by atoms with Crippen LogP contribution >= 0.6 is 11.8 Å². The Hall–Kier alpha value is -1.89. The number of carboxylic acids is 1. The largest absolute Gasteiger partial charge is 0.480 e. The van der Waals surface area contributed by atoms with Crippen LogP contribution < -0.4 is 15.4 Å². The lowest BCUT2D eigenvalue weighted by Gasteiger charge is -2.13. The predicted octanol–water partition coefficient (Wildman–Crippen LogP) is 2.41. The zero-order valence-electron chi connectivity index (χ0n) is 12.1. The highest BCUT2D eigenvalue weighted by atomic mass is 32.2. The van der Waals surface area contributed by atoms with E-state index in [4.69, 9.17) is 9.84 Å². The Morgan fingerprint density at radius 1 is 1.38 bits per heavy atom. The van der Waals surface area contributed by atoms with Gasteiger partial charge in [0.25, 0.3) is 0 Å². The highest BCUT2D eigenvalue weighted by Gasteiger charge is 2.09. The Kier molecular flexibility index (Phi) is 7.45. The number of urea groups is 1. The Morgan fingerprint density at radius 2 is 2.10 bits per heavy atom. The van der Waals surface area contributed by atoms with Crippen molar-refractivity contribution in [3.63, 3.8) is 0 Å². The third-order valence-corrected chi connectivity index (χ3v) is 3.77. The van der Waals surface area contributed by atoms with Crippen LogP contribution in [-0.2, 0) is 4.79 Å². The van der Waals surface area contributed by atoms with Crippen molar-refractivity contribution in [1.29, 1.82) is 0 Å². The van der Waals surface area contributed by atoms with Gasteiger partial charge in [0.15, 0.2) is 6.61 Å². The molecule has 1 rings (SSSR count). The molecule has 0 aliphatic heterocycles. The number of carbonyl (C=O) groups excluding carboxylic acids is 1. The van der Waals surface area contributed by atoms with Gasteiger partial charge in [-0.05, 0) is 24.8 Å². The third kappa shape index (κ3) is 6.89. The molecular weight excluding hydrogens is 292 g/mol. The smallest absolute Gasteiger partial charge is 0.341 e. The second kappa shape index (κ2) is 9.12. The van der Waals surface area contributed by atoms with E-state index >= 15 is 0 Å². The fraction of sp³-hybridized carbons (Fsp3) is 0.429. The molecule has 0 bridgehead atoms. The van der Waals surface area contributed by atoms with Gasteiger partial charge in [0, 0.05) is 11.8 Å². The SMILES string of the molecule is CSC(C)CCNC(=O)Nc1ccccc1OCC(=O)O. The number of carbonyl (C=O) groups is 2. The van der Waals surface area contributed by atoms with Crippen LogP contribution in [0, 0.1) is 0 Å². The van der Waals surface area contributed by atoms with Crippen molar-refractivity contribution in [2.75, 3.05) is 24.7 Å². The molecular formula is C14H20N2O4S. The first-order chi connectivity index (χ1) is 10.0. The first kappa shape index (κ1) is 17.2. The highest BCUT2D eigenvalue weighted by Crippen LogP contribution is 2.23. The molecule has 0 aliphatic carbocycles. The van der Waals surface area contributed by atoms with E-state index in [1.165, 1.54) is 0 Å². The molecule has 0 saturated heterocycles. The molecule has 2 amide bonds. The van der Waals surface area contributed by atoms with Crippen molar-refractivity contribution in [3.8, 4) is 5.75 Å². The number of aliphatic carboxylic acids is 1. The molecule has 1 aromatic rings. The molecule has 6 nitrogen and oxygen atoms in total. The third-order valence-electron chi connectivity index (χ3n) is 2.73. The molecule has 0 saturated carbocycles. The molecule has 0 aliphatic rings. The minimum atomic E-state index is -1.07. The summed E-state index contributed by atoms with van der Waals surface area (Å²) in [6.45, 7) is 2.22. The van der Waals surface area contributed by atoms with Crippen LogP contribution in [0.4, 0.5) is 10.5 Å². The maximum atomic E-state index is 11.8. The van der Waals surface area contributed by atoms with E-state index in [0.717, 1.165) is 6.42 Å². The molecule has 3 N–H and O–H groups in total. The van der Waals surface area contributed by atoms with Crippen molar-refractivity contribution >= 4 is 29.4 Å². The van der Waals surface area contributed by atoms with Gasteiger partial charge in [-0.25, -0.2) is 9.59 Å². The number of nitrogens with one attached hydrogen (secondary N) is 2. The van der Waals surface area contributed by atoms with Crippen molar-refractivity contribution in [2.45, 2.75) is 18.6 Å². The molecule has 1 unspecified atom stereocenters. The number of carboxylic acid groups (broad SMARTS) is 1. The van der Waals surface area contributed by atoms with Crippen molar-refractivity contribution in [3.05, 3.63) is 24.3 Å². The summed E-state index contributed by atoms with van der Waals surface area (Å²) in [5.74, 6) is -0.743. The summed E-state index contributed by atoms with van der Waals surface area (Å²) >= 11 is 1.74. The minimum absolute atomic E-state index is 0.326. The maximum Gasteiger partial charge on any atom is 0.341 e. The number of anilines is 1. The van der Waals surface area contributed by atoms with E-state index < -0.39 is 12.6 Å². The first-order valence-corrected chi connectivity index (χ1v) is 7.83. The monoisotopic (exact) mass is 312 g/mol. The van der Waals surface area contributed by atoms with Gasteiger partial charge in [0.2, 0.25) is 0 Å². The zero-order valence-corrected chi connectivity index (χ0v) is 12.9. The molecule has 1 atom stereocenters. The predicted molar refractivity (Wildman–Crippen MR) is 84.2 cm³/mol. The number of rotatable bonds is 8. The number of hydrogen-bond acceptors (Lipinski definition) is 4. The number of thioether (sulfide) groups is 1. The van der Waals surface area contributed by atoms with Crippen LogP contribution in [0.25, 0.3) is 0 Å². The Morgan fingerprint density at radius 3 is 2.76 bits per heavy atom. The lowest BCUT2D eigenvalue weighted by molar-refractivity contribution is -0.139. The second-order valence-electron chi connectivity index (χ2n) is 4.39. The van der Waals surface area contributed by atoms with E-state index in [-0.39, 0.29) is 6.03 Å². The number of para-hydroxylation sites is 2. The summed E-state index contributed by atoms with van der Waals surface area (Å²) in [6.07, 6.45) is 2.91. The van der Waals surface area contributed by atoms with Crippen LogP contribution in [0.3, 0.4) is 0 Å². The first-order valence-electron chi connectivity index (χ1n) is 6.54. The number of benzene rings is 1. The van der Waals surface area contributed by atoms with E-state index in [2.05, 4.69) is 17.6 Å². The van der Waals surface area contributed by atoms with Crippen molar-refractivity contribution in [2.24, 2.45) is 0 Å². The molecule has 0 heterocycles. The standard InChI is InChI=1S/C14H20N2O4S/c1-10(21-2)7-8-15-14(19)16-11-5-3-4-6-12(11)20-9-13(17)18/h3-6,10H,7-9H2,1-2H3,(H,17,18)(H2,15,16,19). The summed E-state index contributed by atoms with van der Waals surface area (Å²) in [6, 6.07) is 6.37. The fourth-order valence-corrected chi connectivity index (χ4v) is 1.86. The van der Waals surface area contributed by atoms with Crippen LogP contribution in [0.15, 0.2) is 24.3 Å².